The van der Waals surface area contributed by atoms with Gasteiger partial charge in [-0.2, -0.15) is 8.42 Å². The minimum absolute atomic E-state index is 0.198. The molecule has 0 saturated heterocycles. The molecule has 0 unspecified atom stereocenters. The van der Waals surface area contributed by atoms with Crippen molar-refractivity contribution in [3.8, 4) is 0 Å². The Labute approximate surface area is 154 Å². The second kappa shape index (κ2) is 7.55. The van der Waals surface area contributed by atoms with E-state index < -0.39 is 28.6 Å². The number of Topliss-reactive ketones (excluding diaryl/α,β-unsaturated/α-hetero) is 1. The first-order valence-electron chi connectivity index (χ1n) is 7.02. The summed E-state index contributed by atoms with van der Waals surface area (Å²) in [5.41, 5.74) is 1.16. The highest BCUT2D eigenvalue weighted by atomic mass is 35.5. The van der Waals surface area contributed by atoms with Crippen LogP contribution in [0.15, 0.2) is 33.9 Å². The van der Waals surface area contributed by atoms with Crippen LogP contribution in [0.1, 0.15) is 30.6 Å². The van der Waals surface area contributed by atoms with Crippen LogP contribution >= 0.6 is 23.2 Å². The predicted molar refractivity (Wildman–Crippen MR) is 94.2 cm³/mol. The molecule has 1 N–H and O–H groups in total. The molecule has 0 saturated carbocycles. The summed E-state index contributed by atoms with van der Waals surface area (Å²) in [7, 11) is -3.77. The molecule has 0 aromatic heterocycles. The quantitative estimate of drug-likeness (QED) is 0.600. The average Bonchev–Trinajstić information content (AvgIpc) is 2.50. The van der Waals surface area contributed by atoms with Crippen molar-refractivity contribution in [1.29, 1.82) is 0 Å². The van der Waals surface area contributed by atoms with Gasteiger partial charge in [0.1, 0.15) is 0 Å². The number of nitrogens with zero attached hydrogens (tertiary/aromatic N) is 1. The molecule has 2 rings (SSSR count). The maximum absolute atomic E-state index is 12.0. The van der Waals surface area contributed by atoms with E-state index in [0.717, 1.165) is 0 Å². The van der Waals surface area contributed by atoms with Crippen molar-refractivity contribution in [3.63, 3.8) is 0 Å². The van der Waals surface area contributed by atoms with Gasteiger partial charge in [0.25, 0.3) is 0 Å². The van der Waals surface area contributed by atoms with Crippen LogP contribution in [0.2, 0.25) is 10.0 Å². The number of nitrogens with one attached hydrogen (secondary N) is 1. The highest BCUT2D eigenvalue weighted by molar-refractivity contribution is 7.88. The zero-order valence-corrected chi connectivity index (χ0v) is 15.6. The molecule has 0 aliphatic carbocycles. The summed E-state index contributed by atoms with van der Waals surface area (Å²) in [5, 5.41) is 0.535. The summed E-state index contributed by atoms with van der Waals surface area (Å²) in [6, 6.07) is 4.34. The lowest BCUT2D eigenvalue weighted by atomic mass is 10.1. The molecule has 1 aromatic carbocycles. The number of benzene rings is 1. The summed E-state index contributed by atoms with van der Waals surface area (Å²) in [6.45, 7) is 2.52. The summed E-state index contributed by atoms with van der Waals surface area (Å²) >= 11 is 11.6. The summed E-state index contributed by atoms with van der Waals surface area (Å²) in [6.07, 6.45) is -0.210. The van der Waals surface area contributed by atoms with Crippen LogP contribution in [0.3, 0.4) is 0 Å². The number of hydrogen-bond acceptors (Lipinski definition) is 5. The maximum atomic E-state index is 12.0. The van der Waals surface area contributed by atoms with Gasteiger partial charge in [0.2, 0.25) is 0 Å². The first-order chi connectivity index (χ1) is 11.6. The lowest BCUT2D eigenvalue weighted by molar-refractivity contribution is -0.141. The van der Waals surface area contributed by atoms with Crippen molar-refractivity contribution in [2.24, 2.45) is 4.40 Å². The van der Waals surface area contributed by atoms with Gasteiger partial charge in [-0.05, 0) is 32.0 Å². The molecule has 134 valence electrons. The predicted octanol–water partition coefficient (Wildman–Crippen LogP) is 2.69. The Balaban J connectivity index is 1.98. The Morgan fingerprint density at radius 2 is 1.88 bits per heavy atom. The Morgan fingerprint density at radius 1 is 1.20 bits per heavy atom. The van der Waals surface area contributed by atoms with E-state index in [2.05, 4.69) is 9.12 Å². The minimum Gasteiger partial charge on any atom is -0.457 e. The number of ketones is 1. The molecular weight excluding hydrogens is 391 g/mol. The average molecular weight is 405 g/mol. The van der Waals surface area contributed by atoms with Crippen LogP contribution in [-0.4, -0.2) is 32.5 Å². The lowest BCUT2D eigenvalue weighted by Crippen LogP contribution is -2.29. The van der Waals surface area contributed by atoms with E-state index in [-0.39, 0.29) is 22.7 Å². The smallest absolute Gasteiger partial charge is 0.342 e. The first kappa shape index (κ1) is 19.4. The fourth-order valence-corrected chi connectivity index (χ4v) is 3.46. The van der Waals surface area contributed by atoms with Crippen LogP contribution in [0.4, 0.5) is 0 Å². The van der Waals surface area contributed by atoms with Crippen LogP contribution in [-0.2, 0) is 19.7 Å². The van der Waals surface area contributed by atoms with Gasteiger partial charge in [0, 0.05) is 16.8 Å². The first-order valence-corrected chi connectivity index (χ1v) is 9.22. The number of carbonyl (C=O) groups excluding carboxylic acids is 2. The molecule has 0 bridgehead atoms. The molecule has 1 aliphatic rings. The van der Waals surface area contributed by atoms with E-state index in [1.54, 1.807) is 0 Å². The lowest BCUT2D eigenvalue weighted by Gasteiger charge is -2.17. The zero-order chi connectivity index (χ0) is 18.8. The molecule has 0 spiro atoms. The highest BCUT2D eigenvalue weighted by Crippen LogP contribution is 2.23. The van der Waals surface area contributed by atoms with E-state index in [1.807, 2.05) is 0 Å². The molecule has 1 aromatic rings. The molecule has 10 heteroatoms. The van der Waals surface area contributed by atoms with Crippen molar-refractivity contribution in [1.82, 2.24) is 4.72 Å². The van der Waals surface area contributed by atoms with Gasteiger partial charge in [0.15, 0.2) is 12.4 Å². The second-order valence-electron chi connectivity index (χ2n) is 5.25. The van der Waals surface area contributed by atoms with E-state index in [9.17, 15) is 18.0 Å². The van der Waals surface area contributed by atoms with Crippen molar-refractivity contribution in [2.45, 2.75) is 20.3 Å². The number of rotatable bonds is 5. The topological polar surface area (TPSA) is 102 Å². The van der Waals surface area contributed by atoms with E-state index in [1.165, 1.54) is 32.0 Å². The molecule has 1 aliphatic heterocycles. The third-order valence-corrected chi connectivity index (χ3v) is 5.17. The van der Waals surface area contributed by atoms with E-state index in [4.69, 9.17) is 27.9 Å². The third-order valence-electron chi connectivity index (χ3n) is 3.36. The fourth-order valence-electron chi connectivity index (χ4n) is 2.14. The fraction of sp³-hybridized carbons (Fsp3) is 0.267. The Bertz CT molecular complexity index is 906. The normalized spacial score (nSPS) is 16.1. The molecule has 0 fully saturated rings. The number of halogens is 2. The van der Waals surface area contributed by atoms with Gasteiger partial charge < -0.3 is 4.74 Å². The standard InChI is InChI=1S/C15H14Cl2N2O5S/c1-8-11(9(2)19-25(22,23)18-8)6-15(21)24-7-14(20)10-3-4-12(16)13(17)5-10/h3-5,18H,6-7H2,1-2H3. The van der Waals surface area contributed by atoms with Crippen molar-refractivity contribution >= 4 is 50.9 Å². The Hall–Kier alpha value is -1.90. The maximum Gasteiger partial charge on any atom is 0.342 e. The SMILES string of the molecule is CC1=NS(=O)(=O)NC(C)=C1CC(=O)OCC(=O)c1ccc(Cl)c(Cl)c1. The molecule has 1 heterocycles. The number of esters is 1. The number of ether oxygens (including phenoxy) is 1. The van der Waals surface area contributed by atoms with E-state index in [0.29, 0.717) is 16.3 Å². The molecule has 0 radical (unpaired) electrons. The van der Waals surface area contributed by atoms with Gasteiger partial charge in [-0.15, -0.1) is 4.40 Å². The number of carbonyl (C=O) groups is 2. The second-order valence-corrected chi connectivity index (χ2v) is 7.40. The molecular formula is C15H14Cl2N2O5S. The van der Waals surface area contributed by atoms with Crippen molar-refractivity contribution in [2.75, 3.05) is 6.61 Å². The molecule has 0 amide bonds. The third kappa shape index (κ3) is 5.04. The Kier molecular flexibility index (Phi) is 5.87. The van der Waals surface area contributed by atoms with Gasteiger partial charge in [-0.1, -0.05) is 23.2 Å². The summed E-state index contributed by atoms with van der Waals surface area (Å²) in [5.74, 6) is -1.12. The van der Waals surface area contributed by atoms with Crippen LogP contribution in [0, 0.1) is 0 Å². The van der Waals surface area contributed by atoms with Crippen LogP contribution in [0.5, 0.6) is 0 Å². The van der Waals surface area contributed by atoms with Crippen LogP contribution in [0.25, 0.3) is 0 Å². The highest BCUT2D eigenvalue weighted by Gasteiger charge is 2.23. The van der Waals surface area contributed by atoms with Gasteiger partial charge in [-0.3, -0.25) is 14.3 Å². The van der Waals surface area contributed by atoms with Crippen molar-refractivity contribution in [3.05, 3.63) is 45.1 Å². The van der Waals surface area contributed by atoms with Gasteiger partial charge in [0.05, 0.1) is 22.2 Å². The molecule has 7 nitrogen and oxygen atoms in total. The zero-order valence-electron chi connectivity index (χ0n) is 13.3. The van der Waals surface area contributed by atoms with E-state index >= 15 is 0 Å². The largest absolute Gasteiger partial charge is 0.457 e. The summed E-state index contributed by atoms with van der Waals surface area (Å²) < 4.78 is 33.5. The molecule has 0 atom stereocenters. The van der Waals surface area contributed by atoms with Gasteiger partial charge in [-0.25, -0.2) is 0 Å². The minimum atomic E-state index is -3.77. The Morgan fingerprint density at radius 3 is 2.48 bits per heavy atom. The molecule has 25 heavy (non-hydrogen) atoms. The van der Waals surface area contributed by atoms with Crippen molar-refractivity contribution < 1.29 is 22.7 Å². The summed E-state index contributed by atoms with van der Waals surface area (Å²) in [4.78, 5) is 23.9. The number of allylic oxidation sites excluding steroid dienone is 1. The monoisotopic (exact) mass is 404 g/mol. The van der Waals surface area contributed by atoms with Gasteiger partial charge >= 0.3 is 16.2 Å². The number of hydrogen-bond donors (Lipinski definition) is 1. The van der Waals surface area contributed by atoms with Crippen LogP contribution < -0.4 is 4.72 Å².